The van der Waals surface area contributed by atoms with E-state index in [1.165, 1.54) is 4.90 Å². The monoisotopic (exact) mass is 334 g/mol. The maximum absolute atomic E-state index is 12.4. The van der Waals surface area contributed by atoms with Gasteiger partial charge in [-0.15, -0.1) is 0 Å². The summed E-state index contributed by atoms with van der Waals surface area (Å²) in [5.41, 5.74) is 1.58. The summed E-state index contributed by atoms with van der Waals surface area (Å²) in [6.45, 7) is 3.54. The second kappa shape index (κ2) is 7.83. The molecular formula is C17H22N2O5. The van der Waals surface area contributed by atoms with Gasteiger partial charge in [-0.2, -0.15) is 0 Å². The van der Waals surface area contributed by atoms with Crippen molar-refractivity contribution in [1.82, 2.24) is 10.2 Å². The highest BCUT2D eigenvalue weighted by Crippen LogP contribution is 2.31. The molecule has 24 heavy (non-hydrogen) atoms. The third kappa shape index (κ3) is 3.51. The van der Waals surface area contributed by atoms with Gasteiger partial charge >= 0.3 is 12.0 Å². The number of urea groups is 1. The SMILES string of the molecule is CCOC(=O)C1=C(C)N(CCO)C(=O)NC1c1ccc(OC)cc1. The van der Waals surface area contributed by atoms with Gasteiger partial charge < -0.3 is 19.9 Å². The van der Waals surface area contributed by atoms with Crippen LogP contribution in [0.15, 0.2) is 35.5 Å². The van der Waals surface area contributed by atoms with Gasteiger partial charge in [-0.05, 0) is 31.5 Å². The minimum atomic E-state index is -0.614. The summed E-state index contributed by atoms with van der Waals surface area (Å²) < 4.78 is 10.3. The number of allylic oxidation sites excluding steroid dienone is 1. The van der Waals surface area contributed by atoms with Crippen molar-refractivity contribution in [1.29, 1.82) is 0 Å². The first-order valence-corrected chi connectivity index (χ1v) is 7.74. The number of hydrogen-bond donors (Lipinski definition) is 2. The minimum absolute atomic E-state index is 0.107. The first-order chi connectivity index (χ1) is 11.5. The largest absolute Gasteiger partial charge is 0.497 e. The number of aliphatic hydroxyl groups excluding tert-OH is 1. The number of methoxy groups -OCH3 is 1. The summed E-state index contributed by atoms with van der Waals surface area (Å²) in [5, 5.41) is 11.9. The van der Waals surface area contributed by atoms with E-state index in [4.69, 9.17) is 14.6 Å². The maximum Gasteiger partial charge on any atom is 0.338 e. The minimum Gasteiger partial charge on any atom is -0.497 e. The molecule has 0 aliphatic carbocycles. The molecule has 7 nitrogen and oxygen atoms in total. The van der Waals surface area contributed by atoms with Crippen LogP contribution in [-0.4, -0.2) is 48.9 Å². The average molecular weight is 334 g/mol. The maximum atomic E-state index is 12.4. The Hall–Kier alpha value is -2.54. The van der Waals surface area contributed by atoms with Crippen LogP contribution in [0.1, 0.15) is 25.5 Å². The van der Waals surface area contributed by atoms with Crippen LogP contribution in [0.5, 0.6) is 5.75 Å². The second-order valence-electron chi connectivity index (χ2n) is 5.25. The van der Waals surface area contributed by atoms with Gasteiger partial charge in [-0.3, -0.25) is 4.90 Å². The fraction of sp³-hybridized carbons (Fsp3) is 0.412. The number of β-amino-alcohol motifs (C(OH)–C–C–N with tert-alkyl or cyclic N) is 1. The zero-order chi connectivity index (χ0) is 17.7. The number of nitrogens with zero attached hydrogens (tertiary/aromatic N) is 1. The Bertz CT molecular complexity index is 639. The van der Waals surface area contributed by atoms with Crippen LogP contribution in [0.2, 0.25) is 0 Å². The van der Waals surface area contributed by atoms with E-state index in [1.807, 2.05) is 0 Å². The lowest BCUT2D eigenvalue weighted by molar-refractivity contribution is -0.139. The third-order valence-corrected chi connectivity index (χ3v) is 3.86. The lowest BCUT2D eigenvalue weighted by Gasteiger charge is -2.35. The van der Waals surface area contributed by atoms with Crippen LogP contribution in [0, 0.1) is 0 Å². The first-order valence-electron chi connectivity index (χ1n) is 7.74. The van der Waals surface area contributed by atoms with Crippen LogP contribution in [0.3, 0.4) is 0 Å². The summed E-state index contributed by atoms with van der Waals surface area (Å²) in [7, 11) is 1.57. The summed E-state index contributed by atoms with van der Waals surface area (Å²) >= 11 is 0. The van der Waals surface area contributed by atoms with Gasteiger partial charge in [0.25, 0.3) is 0 Å². The Labute approximate surface area is 140 Å². The van der Waals surface area contributed by atoms with Crippen molar-refractivity contribution in [3.05, 3.63) is 41.1 Å². The van der Waals surface area contributed by atoms with Crippen molar-refractivity contribution < 1.29 is 24.2 Å². The van der Waals surface area contributed by atoms with E-state index in [0.29, 0.717) is 17.0 Å². The van der Waals surface area contributed by atoms with Crippen molar-refractivity contribution in [3.8, 4) is 5.75 Å². The molecule has 0 aromatic heterocycles. The fourth-order valence-corrected chi connectivity index (χ4v) is 2.67. The number of hydrogen-bond acceptors (Lipinski definition) is 5. The number of esters is 1. The van der Waals surface area contributed by atoms with Gasteiger partial charge in [-0.1, -0.05) is 12.1 Å². The number of benzene rings is 1. The highest BCUT2D eigenvalue weighted by Gasteiger charge is 2.36. The Balaban J connectivity index is 2.46. The van der Waals surface area contributed by atoms with Crippen molar-refractivity contribution in [2.45, 2.75) is 19.9 Å². The molecule has 1 aliphatic heterocycles. The number of nitrogens with one attached hydrogen (secondary N) is 1. The number of ether oxygens (including phenoxy) is 2. The molecule has 7 heteroatoms. The van der Waals surface area contributed by atoms with Crippen LogP contribution in [0.4, 0.5) is 4.79 Å². The summed E-state index contributed by atoms with van der Waals surface area (Å²) in [6, 6.07) is 6.13. The fourth-order valence-electron chi connectivity index (χ4n) is 2.67. The van der Waals surface area contributed by atoms with Gasteiger partial charge in [0.2, 0.25) is 0 Å². The topological polar surface area (TPSA) is 88.1 Å². The molecule has 1 aromatic rings. The van der Waals surface area contributed by atoms with Crippen LogP contribution in [-0.2, 0) is 9.53 Å². The Morgan fingerprint density at radius 3 is 2.54 bits per heavy atom. The summed E-state index contributed by atoms with van der Waals surface area (Å²) in [6.07, 6.45) is 0. The van der Waals surface area contributed by atoms with E-state index in [0.717, 1.165) is 5.56 Å². The number of carbonyl (C=O) groups excluding carboxylic acids is 2. The molecule has 1 heterocycles. The predicted octanol–water partition coefficient (Wildman–Crippen LogP) is 1.59. The average Bonchev–Trinajstić information content (AvgIpc) is 2.58. The molecule has 2 rings (SSSR count). The van der Waals surface area contributed by atoms with Gasteiger partial charge in [-0.25, -0.2) is 9.59 Å². The standard InChI is InChI=1S/C17H22N2O5/c1-4-24-16(21)14-11(2)19(9-10-20)17(22)18-15(14)12-5-7-13(23-3)8-6-12/h5-8,15,20H,4,9-10H2,1-3H3,(H,18,22). The number of aliphatic hydroxyl groups is 1. The van der Waals surface area contributed by atoms with E-state index >= 15 is 0 Å². The van der Waals surface area contributed by atoms with Gasteiger partial charge in [0.05, 0.1) is 38.5 Å². The number of rotatable bonds is 6. The zero-order valence-electron chi connectivity index (χ0n) is 14.0. The number of carbonyl (C=O) groups is 2. The highest BCUT2D eigenvalue weighted by molar-refractivity contribution is 5.95. The van der Waals surface area contributed by atoms with Gasteiger partial charge in [0, 0.05) is 5.70 Å². The molecule has 1 unspecified atom stereocenters. The molecule has 0 radical (unpaired) electrons. The lowest BCUT2D eigenvalue weighted by atomic mass is 9.95. The smallest absolute Gasteiger partial charge is 0.338 e. The van der Waals surface area contributed by atoms with E-state index in [1.54, 1.807) is 45.2 Å². The normalized spacial score (nSPS) is 17.6. The molecule has 1 aliphatic rings. The molecule has 2 amide bonds. The van der Waals surface area contributed by atoms with Crippen LogP contribution in [0.25, 0.3) is 0 Å². The quantitative estimate of drug-likeness (QED) is 0.771. The number of amides is 2. The molecule has 0 bridgehead atoms. The summed E-state index contributed by atoms with van der Waals surface area (Å²) in [5.74, 6) is 0.194. The second-order valence-corrected chi connectivity index (χ2v) is 5.25. The van der Waals surface area contributed by atoms with E-state index in [9.17, 15) is 9.59 Å². The molecule has 0 saturated carbocycles. The van der Waals surface area contributed by atoms with Crippen molar-refractivity contribution in [3.63, 3.8) is 0 Å². The first kappa shape index (κ1) is 17.8. The molecular weight excluding hydrogens is 312 g/mol. The van der Waals surface area contributed by atoms with E-state index in [-0.39, 0.29) is 25.8 Å². The van der Waals surface area contributed by atoms with Crippen LogP contribution < -0.4 is 10.1 Å². The third-order valence-electron chi connectivity index (χ3n) is 3.86. The van der Waals surface area contributed by atoms with Gasteiger partial charge in [0.15, 0.2) is 0 Å². The molecule has 0 saturated heterocycles. The lowest BCUT2D eigenvalue weighted by Crippen LogP contribution is -2.48. The molecule has 0 fully saturated rings. The molecule has 2 N–H and O–H groups in total. The molecule has 1 aromatic carbocycles. The van der Waals surface area contributed by atoms with E-state index in [2.05, 4.69) is 5.32 Å². The van der Waals surface area contributed by atoms with Crippen molar-refractivity contribution >= 4 is 12.0 Å². The Morgan fingerprint density at radius 2 is 2.00 bits per heavy atom. The Kier molecular flexibility index (Phi) is 5.81. The highest BCUT2D eigenvalue weighted by atomic mass is 16.5. The molecule has 130 valence electrons. The van der Waals surface area contributed by atoms with E-state index < -0.39 is 12.0 Å². The summed E-state index contributed by atoms with van der Waals surface area (Å²) in [4.78, 5) is 26.1. The predicted molar refractivity (Wildman–Crippen MR) is 87.4 cm³/mol. The molecule has 1 atom stereocenters. The molecule has 0 spiro atoms. The van der Waals surface area contributed by atoms with Crippen LogP contribution >= 0.6 is 0 Å². The Morgan fingerprint density at radius 1 is 1.33 bits per heavy atom. The van der Waals surface area contributed by atoms with Crippen molar-refractivity contribution in [2.75, 3.05) is 26.9 Å². The zero-order valence-corrected chi connectivity index (χ0v) is 14.0. The van der Waals surface area contributed by atoms with Crippen molar-refractivity contribution in [2.24, 2.45) is 0 Å². The van der Waals surface area contributed by atoms with Gasteiger partial charge in [0.1, 0.15) is 5.75 Å².